The molecule has 15 heavy (non-hydrogen) atoms. The van der Waals surface area contributed by atoms with Gasteiger partial charge in [0, 0.05) is 32.3 Å². The summed E-state index contributed by atoms with van der Waals surface area (Å²) in [4.78, 5) is 10.8. The Morgan fingerprint density at radius 3 is 2.80 bits per heavy atom. The molecule has 0 unspecified atom stereocenters. The Kier molecular flexibility index (Phi) is 3.33. The fourth-order valence-electron chi connectivity index (χ4n) is 0.916. The van der Waals surface area contributed by atoms with Gasteiger partial charge in [-0.15, -0.1) is 0 Å². The van der Waals surface area contributed by atoms with Crippen molar-refractivity contribution in [1.29, 1.82) is 0 Å². The smallest absolute Gasteiger partial charge is 0.359 e. The van der Waals surface area contributed by atoms with Crippen molar-refractivity contribution < 1.29 is 18.0 Å². The van der Waals surface area contributed by atoms with Crippen LogP contribution >= 0.6 is 0 Å². The average molecular weight is 220 g/mol. The highest BCUT2D eigenvalue weighted by atomic mass is 19.4. The van der Waals surface area contributed by atoms with Gasteiger partial charge >= 0.3 is 6.18 Å². The third-order valence-electron chi connectivity index (χ3n) is 1.69. The van der Waals surface area contributed by atoms with Gasteiger partial charge in [-0.05, 0) is 0 Å². The quantitative estimate of drug-likeness (QED) is 0.820. The van der Waals surface area contributed by atoms with E-state index in [9.17, 15) is 18.0 Å². The highest BCUT2D eigenvalue weighted by Gasteiger charge is 2.33. The third-order valence-corrected chi connectivity index (χ3v) is 1.69. The van der Waals surface area contributed by atoms with E-state index in [0.717, 1.165) is 10.9 Å². The molecular formula is C8H9F3N3O. The van der Waals surface area contributed by atoms with Gasteiger partial charge < -0.3 is 5.32 Å². The van der Waals surface area contributed by atoms with Crippen molar-refractivity contribution in [3.05, 3.63) is 18.0 Å². The summed E-state index contributed by atoms with van der Waals surface area (Å²) in [6, 6.07) is 1.98. The first-order chi connectivity index (χ1) is 6.93. The van der Waals surface area contributed by atoms with Gasteiger partial charge in [-0.3, -0.25) is 9.48 Å². The Morgan fingerprint density at radius 1 is 1.67 bits per heavy atom. The lowest BCUT2D eigenvalue weighted by Gasteiger charge is -2.02. The highest BCUT2D eigenvalue weighted by Crippen LogP contribution is 2.26. The molecule has 1 heterocycles. The molecule has 1 N–H and O–H groups in total. The summed E-state index contributed by atoms with van der Waals surface area (Å²) in [5.74, 6) is -0.251. The second kappa shape index (κ2) is 4.33. The van der Waals surface area contributed by atoms with E-state index < -0.39 is 11.9 Å². The van der Waals surface area contributed by atoms with Crippen LogP contribution in [0.4, 0.5) is 13.2 Å². The van der Waals surface area contributed by atoms with Crippen molar-refractivity contribution in [1.82, 2.24) is 15.1 Å². The van der Waals surface area contributed by atoms with Gasteiger partial charge in [0.2, 0.25) is 5.91 Å². The molecule has 0 spiro atoms. The molecule has 0 saturated carbocycles. The molecule has 1 rings (SSSR count). The average Bonchev–Trinajstić information content (AvgIpc) is 2.61. The van der Waals surface area contributed by atoms with Crippen molar-refractivity contribution in [3.8, 4) is 0 Å². The van der Waals surface area contributed by atoms with E-state index >= 15 is 0 Å². The van der Waals surface area contributed by atoms with E-state index in [1.165, 1.54) is 7.05 Å². The number of nitrogens with one attached hydrogen (secondary N) is 1. The molecule has 0 saturated heterocycles. The molecule has 0 aliphatic carbocycles. The lowest BCUT2D eigenvalue weighted by atomic mass is 10.4. The van der Waals surface area contributed by atoms with E-state index in [-0.39, 0.29) is 18.9 Å². The normalized spacial score (nSPS) is 11.5. The molecule has 0 atom stereocenters. The van der Waals surface area contributed by atoms with Crippen molar-refractivity contribution in [2.24, 2.45) is 0 Å². The molecule has 0 fully saturated rings. The van der Waals surface area contributed by atoms with E-state index in [0.29, 0.717) is 0 Å². The van der Waals surface area contributed by atoms with Gasteiger partial charge in [0.1, 0.15) is 0 Å². The molecule has 0 aliphatic rings. The third kappa shape index (κ3) is 3.26. The summed E-state index contributed by atoms with van der Waals surface area (Å²) < 4.78 is 37.3. The number of alkyl halides is 3. The minimum Gasteiger partial charge on any atom is -0.359 e. The molecule has 4 nitrogen and oxygen atoms in total. The standard InChI is InChI=1S/C8H9F3N3O/c1-12-7(15)3-5-14-4-2-6(13-14)8(9,10)11/h4H,3,5H2,1H3,(H,12,15). The number of halogens is 3. The zero-order valence-corrected chi connectivity index (χ0v) is 7.93. The van der Waals surface area contributed by atoms with Gasteiger partial charge in [-0.25, -0.2) is 0 Å². The molecule has 1 amide bonds. The summed E-state index contributed by atoms with van der Waals surface area (Å²) in [5, 5.41) is 5.60. The van der Waals surface area contributed by atoms with Crippen molar-refractivity contribution >= 4 is 5.91 Å². The van der Waals surface area contributed by atoms with Crippen LogP contribution in [-0.4, -0.2) is 22.7 Å². The van der Waals surface area contributed by atoms with E-state index in [2.05, 4.69) is 10.4 Å². The van der Waals surface area contributed by atoms with Crippen LogP contribution in [0, 0.1) is 6.07 Å². The summed E-state index contributed by atoms with van der Waals surface area (Å²) in [6.07, 6.45) is -3.33. The fourth-order valence-corrected chi connectivity index (χ4v) is 0.916. The lowest BCUT2D eigenvalue weighted by molar-refractivity contribution is -0.141. The van der Waals surface area contributed by atoms with Crippen molar-refractivity contribution in [2.75, 3.05) is 7.05 Å². The minimum atomic E-state index is -4.49. The Balaban J connectivity index is 2.58. The molecule has 0 aromatic carbocycles. The number of hydrogen-bond acceptors (Lipinski definition) is 2. The van der Waals surface area contributed by atoms with Gasteiger partial charge in [0.25, 0.3) is 0 Å². The summed E-state index contributed by atoms with van der Waals surface area (Å²) in [5.41, 5.74) is -1.07. The largest absolute Gasteiger partial charge is 0.435 e. The van der Waals surface area contributed by atoms with Crippen LogP contribution < -0.4 is 5.32 Å². The number of aryl methyl sites for hydroxylation is 1. The Bertz CT molecular complexity index is 345. The predicted octanol–water partition coefficient (Wildman–Crippen LogP) is 0.838. The Morgan fingerprint density at radius 2 is 2.33 bits per heavy atom. The Hall–Kier alpha value is -1.53. The van der Waals surface area contributed by atoms with Crippen molar-refractivity contribution in [3.63, 3.8) is 0 Å². The monoisotopic (exact) mass is 220 g/mol. The molecule has 1 radical (unpaired) electrons. The van der Waals surface area contributed by atoms with Gasteiger partial charge in [-0.2, -0.15) is 18.3 Å². The van der Waals surface area contributed by atoms with Crippen molar-refractivity contribution in [2.45, 2.75) is 19.1 Å². The molecule has 0 bridgehead atoms. The van der Waals surface area contributed by atoms with Crippen LogP contribution in [0.1, 0.15) is 12.1 Å². The Labute approximate surface area is 84.1 Å². The number of nitrogens with zero attached hydrogens (tertiary/aromatic N) is 2. The van der Waals surface area contributed by atoms with Crippen LogP contribution in [0.3, 0.4) is 0 Å². The second-order valence-electron chi connectivity index (χ2n) is 2.81. The zero-order chi connectivity index (χ0) is 11.5. The van der Waals surface area contributed by atoms with Crippen LogP contribution in [0.25, 0.3) is 0 Å². The number of hydrogen-bond donors (Lipinski definition) is 1. The summed E-state index contributed by atoms with van der Waals surface area (Å²) in [6.45, 7) is 0.103. The molecular weight excluding hydrogens is 211 g/mol. The molecule has 7 heteroatoms. The zero-order valence-electron chi connectivity index (χ0n) is 7.93. The maximum atomic E-state index is 12.1. The number of amides is 1. The maximum Gasteiger partial charge on any atom is 0.435 e. The van der Waals surface area contributed by atoms with Gasteiger partial charge in [-0.1, -0.05) is 0 Å². The summed E-state index contributed by atoms with van der Waals surface area (Å²) in [7, 11) is 1.46. The SMILES string of the molecule is CNC(=O)CCn1c[c]c(C(F)(F)F)n1. The van der Waals surface area contributed by atoms with Gasteiger partial charge in [0.05, 0.1) is 0 Å². The first-order valence-corrected chi connectivity index (χ1v) is 4.16. The van der Waals surface area contributed by atoms with Crippen LogP contribution in [0.2, 0.25) is 0 Å². The topological polar surface area (TPSA) is 46.9 Å². The van der Waals surface area contributed by atoms with E-state index in [1.807, 2.05) is 6.07 Å². The van der Waals surface area contributed by atoms with Crippen LogP contribution in [0.15, 0.2) is 6.20 Å². The second-order valence-corrected chi connectivity index (χ2v) is 2.81. The number of carbonyl (C=O) groups excluding carboxylic acids is 1. The van der Waals surface area contributed by atoms with E-state index in [4.69, 9.17) is 0 Å². The molecule has 0 aliphatic heterocycles. The first-order valence-electron chi connectivity index (χ1n) is 4.16. The highest BCUT2D eigenvalue weighted by molar-refractivity contribution is 5.75. The molecule has 83 valence electrons. The first kappa shape index (κ1) is 11.5. The van der Waals surface area contributed by atoms with Crippen LogP contribution in [-0.2, 0) is 17.5 Å². The number of carbonyl (C=O) groups is 1. The van der Waals surface area contributed by atoms with Crippen LogP contribution in [0.5, 0.6) is 0 Å². The van der Waals surface area contributed by atoms with Gasteiger partial charge in [0.15, 0.2) is 5.69 Å². The lowest BCUT2D eigenvalue weighted by Crippen LogP contribution is -2.19. The molecule has 1 aromatic rings. The number of aromatic nitrogens is 2. The number of rotatable bonds is 3. The summed E-state index contributed by atoms with van der Waals surface area (Å²) >= 11 is 0. The fraction of sp³-hybridized carbons (Fsp3) is 0.500. The van der Waals surface area contributed by atoms with E-state index in [1.54, 1.807) is 0 Å². The minimum absolute atomic E-state index is 0.0866. The molecule has 1 aromatic heterocycles. The maximum absolute atomic E-state index is 12.1. The predicted molar refractivity (Wildman–Crippen MR) is 44.7 cm³/mol.